The minimum atomic E-state index is 0. The lowest BCUT2D eigenvalue weighted by Crippen LogP contribution is -2.51. The molecule has 0 amide bonds. The summed E-state index contributed by atoms with van der Waals surface area (Å²) >= 11 is 1.70. The average molecular weight is 494 g/mol. The van der Waals surface area contributed by atoms with Gasteiger partial charge in [-0.15, -0.1) is 35.3 Å². The predicted octanol–water partition coefficient (Wildman–Crippen LogP) is 2.95. The first kappa shape index (κ1) is 23.4. The molecular weight excluding hydrogens is 459 g/mol. The maximum atomic E-state index is 6.30. The van der Waals surface area contributed by atoms with E-state index < -0.39 is 0 Å². The Morgan fingerprint density at radius 3 is 2.42 bits per heavy atom. The Balaban J connectivity index is 0.00000338. The quantitative estimate of drug-likeness (QED) is 0.342. The summed E-state index contributed by atoms with van der Waals surface area (Å²) in [4.78, 5) is 16.2. The molecule has 1 aromatic heterocycles. The Labute approximate surface area is 179 Å². The molecule has 1 aliphatic rings. The Morgan fingerprint density at radius 2 is 1.92 bits per heavy atom. The van der Waals surface area contributed by atoms with Crippen LogP contribution < -0.4 is 10.6 Å². The monoisotopic (exact) mass is 494 g/mol. The van der Waals surface area contributed by atoms with Crippen molar-refractivity contribution in [3.8, 4) is 0 Å². The van der Waals surface area contributed by atoms with E-state index in [1.54, 1.807) is 11.3 Å². The number of hydrogen-bond donors (Lipinski definition) is 1. The van der Waals surface area contributed by atoms with Gasteiger partial charge in [-0.1, -0.05) is 27.7 Å². The zero-order valence-corrected chi connectivity index (χ0v) is 19.7. The van der Waals surface area contributed by atoms with Gasteiger partial charge in [0.15, 0.2) is 11.1 Å². The topological polar surface area (TPSA) is 61.0 Å². The standard InChI is InChI=1S/C18H34N6S.HI/c1-5-22(6-2)16(13-15(3)4)14-21-17(19)23-8-10-24(11-9-23)18-20-7-12-25-18;/h7,12,15-16H,5-6,8-11,13-14H2,1-4H3,(H2,19,21);1H. The minimum absolute atomic E-state index is 0. The van der Waals surface area contributed by atoms with Crippen LogP contribution in [0, 0.1) is 5.92 Å². The first-order valence-corrected chi connectivity index (χ1v) is 10.4. The fourth-order valence-corrected chi connectivity index (χ4v) is 4.12. The molecule has 0 radical (unpaired) electrons. The summed E-state index contributed by atoms with van der Waals surface area (Å²) < 4.78 is 0. The summed E-state index contributed by atoms with van der Waals surface area (Å²) in [6.07, 6.45) is 3.03. The van der Waals surface area contributed by atoms with Gasteiger partial charge in [-0.25, -0.2) is 4.98 Å². The van der Waals surface area contributed by atoms with E-state index in [0.717, 1.165) is 57.4 Å². The zero-order chi connectivity index (χ0) is 18.2. The Hall–Kier alpha value is -0.610. The van der Waals surface area contributed by atoms with E-state index >= 15 is 0 Å². The van der Waals surface area contributed by atoms with E-state index in [1.807, 2.05) is 11.6 Å². The van der Waals surface area contributed by atoms with Crippen molar-refractivity contribution >= 4 is 46.4 Å². The van der Waals surface area contributed by atoms with Crippen LogP contribution in [0.4, 0.5) is 5.13 Å². The summed E-state index contributed by atoms with van der Waals surface area (Å²) in [7, 11) is 0. The van der Waals surface area contributed by atoms with Crippen molar-refractivity contribution < 1.29 is 0 Å². The highest BCUT2D eigenvalue weighted by molar-refractivity contribution is 14.0. The van der Waals surface area contributed by atoms with Crippen molar-refractivity contribution in [2.24, 2.45) is 16.6 Å². The molecular formula is C18H35IN6S. The van der Waals surface area contributed by atoms with Gasteiger partial charge >= 0.3 is 0 Å². The molecule has 1 fully saturated rings. The van der Waals surface area contributed by atoms with E-state index in [2.05, 4.69) is 47.4 Å². The molecule has 8 heteroatoms. The first-order valence-electron chi connectivity index (χ1n) is 9.48. The lowest BCUT2D eigenvalue weighted by Gasteiger charge is -2.35. The van der Waals surface area contributed by atoms with Crippen molar-refractivity contribution in [3.63, 3.8) is 0 Å². The number of anilines is 1. The fraction of sp³-hybridized carbons (Fsp3) is 0.778. The van der Waals surface area contributed by atoms with Crippen LogP contribution in [-0.2, 0) is 0 Å². The summed E-state index contributed by atoms with van der Waals surface area (Å²) in [6.45, 7) is 15.7. The molecule has 2 rings (SSSR count). The molecule has 1 unspecified atom stereocenters. The van der Waals surface area contributed by atoms with Gasteiger partial charge in [-0.3, -0.25) is 9.89 Å². The van der Waals surface area contributed by atoms with Crippen LogP contribution in [0.25, 0.3) is 0 Å². The smallest absolute Gasteiger partial charge is 0.191 e. The predicted molar refractivity (Wildman–Crippen MR) is 124 cm³/mol. The number of aromatic nitrogens is 1. The highest BCUT2D eigenvalue weighted by atomic mass is 127. The normalized spacial score (nSPS) is 16.9. The second-order valence-corrected chi connectivity index (χ2v) is 7.87. The lowest BCUT2D eigenvalue weighted by atomic mass is 10.0. The van der Waals surface area contributed by atoms with Crippen LogP contribution in [0.15, 0.2) is 16.6 Å². The lowest BCUT2D eigenvalue weighted by molar-refractivity contribution is 0.196. The molecule has 26 heavy (non-hydrogen) atoms. The number of nitrogens with zero attached hydrogens (tertiary/aromatic N) is 5. The number of aliphatic imine (C=N–C) groups is 1. The zero-order valence-electron chi connectivity index (χ0n) is 16.6. The van der Waals surface area contributed by atoms with E-state index in [-0.39, 0.29) is 24.0 Å². The molecule has 2 N–H and O–H groups in total. The Morgan fingerprint density at radius 1 is 1.27 bits per heavy atom. The summed E-state index contributed by atoms with van der Waals surface area (Å²) in [5, 5.41) is 3.13. The molecule has 1 aliphatic heterocycles. The van der Waals surface area contributed by atoms with E-state index in [4.69, 9.17) is 10.7 Å². The number of rotatable bonds is 8. The summed E-state index contributed by atoms with van der Waals surface area (Å²) in [6, 6.07) is 0.477. The van der Waals surface area contributed by atoms with Crippen molar-refractivity contribution in [1.82, 2.24) is 14.8 Å². The minimum Gasteiger partial charge on any atom is -0.370 e. The molecule has 1 aromatic rings. The molecule has 1 atom stereocenters. The fourth-order valence-electron chi connectivity index (χ4n) is 3.42. The van der Waals surface area contributed by atoms with E-state index in [1.165, 1.54) is 0 Å². The van der Waals surface area contributed by atoms with Crippen LogP contribution in [0.3, 0.4) is 0 Å². The molecule has 0 aromatic carbocycles. The van der Waals surface area contributed by atoms with Gasteiger partial charge in [0.25, 0.3) is 0 Å². The van der Waals surface area contributed by atoms with Gasteiger partial charge < -0.3 is 15.5 Å². The molecule has 0 bridgehead atoms. The van der Waals surface area contributed by atoms with Gasteiger partial charge in [0.2, 0.25) is 0 Å². The van der Waals surface area contributed by atoms with E-state index in [0.29, 0.717) is 17.9 Å². The number of piperazine rings is 1. The number of likely N-dealkylation sites (N-methyl/N-ethyl adjacent to an activating group) is 1. The SMILES string of the molecule is CCN(CC)C(CN=C(N)N1CCN(c2nccs2)CC1)CC(C)C.I. The first-order chi connectivity index (χ1) is 12.0. The summed E-state index contributed by atoms with van der Waals surface area (Å²) in [5.74, 6) is 1.36. The molecule has 150 valence electrons. The highest BCUT2D eigenvalue weighted by Crippen LogP contribution is 2.19. The number of halogens is 1. The maximum absolute atomic E-state index is 6.30. The number of hydrogen-bond acceptors (Lipinski definition) is 5. The van der Waals surface area contributed by atoms with Crippen LogP contribution in [0.5, 0.6) is 0 Å². The average Bonchev–Trinajstić information content (AvgIpc) is 3.14. The van der Waals surface area contributed by atoms with Gasteiger partial charge in [0.1, 0.15) is 0 Å². The maximum Gasteiger partial charge on any atom is 0.191 e. The third kappa shape index (κ3) is 6.84. The molecule has 6 nitrogen and oxygen atoms in total. The van der Waals surface area contributed by atoms with Gasteiger partial charge in [-0.2, -0.15) is 0 Å². The van der Waals surface area contributed by atoms with Crippen molar-refractivity contribution in [1.29, 1.82) is 0 Å². The molecule has 0 spiro atoms. The number of guanidine groups is 1. The van der Waals surface area contributed by atoms with Crippen molar-refractivity contribution in [3.05, 3.63) is 11.6 Å². The van der Waals surface area contributed by atoms with Crippen molar-refractivity contribution in [2.45, 2.75) is 40.2 Å². The molecule has 1 saturated heterocycles. The van der Waals surface area contributed by atoms with Gasteiger partial charge in [-0.05, 0) is 25.4 Å². The summed E-state index contributed by atoms with van der Waals surface area (Å²) in [5.41, 5.74) is 6.30. The second-order valence-electron chi connectivity index (χ2n) is 6.99. The largest absolute Gasteiger partial charge is 0.370 e. The number of thiazole rings is 1. The Kier molecular flexibility index (Phi) is 10.8. The van der Waals surface area contributed by atoms with Crippen LogP contribution in [-0.4, -0.2) is 72.6 Å². The van der Waals surface area contributed by atoms with Crippen LogP contribution in [0.1, 0.15) is 34.1 Å². The molecule has 0 aliphatic carbocycles. The van der Waals surface area contributed by atoms with Crippen molar-refractivity contribution in [2.75, 3.05) is 50.7 Å². The Bertz CT molecular complexity index is 510. The van der Waals surface area contributed by atoms with Gasteiger partial charge in [0.05, 0.1) is 6.54 Å². The van der Waals surface area contributed by atoms with Crippen LogP contribution in [0.2, 0.25) is 0 Å². The second kappa shape index (κ2) is 12.0. The van der Waals surface area contributed by atoms with Gasteiger partial charge in [0, 0.05) is 43.8 Å². The third-order valence-corrected chi connectivity index (χ3v) is 5.66. The molecule has 2 heterocycles. The number of nitrogens with two attached hydrogens (primary N) is 1. The molecule has 0 saturated carbocycles. The third-order valence-electron chi connectivity index (χ3n) is 4.83. The highest BCUT2D eigenvalue weighted by Gasteiger charge is 2.21. The van der Waals surface area contributed by atoms with Crippen LogP contribution >= 0.6 is 35.3 Å². The van der Waals surface area contributed by atoms with E-state index in [9.17, 15) is 0 Å².